The Balaban J connectivity index is 1.73. The van der Waals surface area contributed by atoms with Gasteiger partial charge in [-0.2, -0.15) is 0 Å². The molecule has 1 aliphatic heterocycles. The lowest BCUT2D eigenvalue weighted by atomic mass is 9.77. The van der Waals surface area contributed by atoms with E-state index in [0.717, 1.165) is 25.7 Å². The minimum Gasteiger partial charge on any atom is -0.441 e. The molecule has 106 valence electrons. The van der Waals surface area contributed by atoms with E-state index in [1.165, 1.54) is 0 Å². The van der Waals surface area contributed by atoms with E-state index < -0.39 is 5.60 Å². The van der Waals surface area contributed by atoms with Gasteiger partial charge in [0.15, 0.2) is 0 Å². The highest BCUT2D eigenvalue weighted by atomic mass is 16.6. The first-order valence-electron chi connectivity index (χ1n) is 7.02. The third kappa shape index (κ3) is 2.28. The number of anilines is 1. The molecule has 2 heterocycles. The van der Waals surface area contributed by atoms with E-state index >= 15 is 0 Å². The normalized spacial score (nSPS) is 29.6. The molecule has 1 spiro atoms. The first-order chi connectivity index (χ1) is 9.60. The van der Waals surface area contributed by atoms with Crippen molar-refractivity contribution in [1.29, 1.82) is 0 Å². The molecular weight excluding hydrogens is 256 g/mol. The van der Waals surface area contributed by atoms with Gasteiger partial charge < -0.3 is 4.74 Å². The summed E-state index contributed by atoms with van der Waals surface area (Å²) in [6.07, 6.45) is 4.46. The molecule has 2 aliphatic rings. The van der Waals surface area contributed by atoms with Crippen LogP contribution in [0.3, 0.4) is 0 Å². The summed E-state index contributed by atoms with van der Waals surface area (Å²) in [7, 11) is 0. The number of nitrogens with zero attached hydrogens (tertiary/aromatic N) is 2. The average molecular weight is 274 g/mol. The maximum absolute atomic E-state index is 12.1. The van der Waals surface area contributed by atoms with Crippen LogP contribution in [-0.4, -0.2) is 29.0 Å². The molecule has 0 atom stereocenters. The summed E-state index contributed by atoms with van der Waals surface area (Å²) in [5.41, 5.74) is -0.430. The zero-order chi connectivity index (χ0) is 14.2. The van der Waals surface area contributed by atoms with Gasteiger partial charge in [-0.25, -0.2) is 9.78 Å². The number of Topliss-reactive ketones (excluding diaryl/α,β-unsaturated/α-hetero) is 1. The Morgan fingerprint density at radius 1 is 1.40 bits per heavy atom. The van der Waals surface area contributed by atoms with Crippen LogP contribution in [0.5, 0.6) is 0 Å². The minimum atomic E-state index is -0.430. The second kappa shape index (κ2) is 4.89. The van der Waals surface area contributed by atoms with Gasteiger partial charge in [0.1, 0.15) is 17.2 Å². The molecule has 5 nitrogen and oxygen atoms in total. The Morgan fingerprint density at radius 2 is 2.15 bits per heavy atom. The predicted octanol–water partition coefficient (Wildman–Crippen LogP) is 2.56. The zero-order valence-corrected chi connectivity index (χ0v) is 11.5. The molecule has 0 bridgehead atoms. The Morgan fingerprint density at radius 3 is 2.75 bits per heavy atom. The van der Waals surface area contributed by atoms with Crippen molar-refractivity contribution in [2.24, 2.45) is 5.92 Å². The fraction of sp³-hybridized carbons (Fsp3) is 0.533. The van der Waals surface area contributed by atoms with Gasteiger partial charge in [0.2, 0.25) is 0 Å². The van der Waals surface area contributed by atoms with Crippen molar-refractivity contribution in [2.45, 2.75) is 38.2 Å². The molecular formula is C15H18N2O3. The van der Waals surface area contributed by atoms with E-state index in [4.69, 9.17) is 4.74 Å². The van der Waals surface area contributed by atoms with E-state index in [0.29, 0.717) is 12.4 Å². The van der Waals surface area contributed by atoms with E-state index in [1.807, 2.05) is 18.2 Å². The molecule has 1 saturated heterocycles. The standard InChI is InChI=1S/C15H18N2O3/c1-11(18)12-5-7-15(8-6-12)10-17(14(19)20-15)13-4-2-3-9-16-13/h2-4,9,12H,5-8,10H2,1H3. The van der Waals surface area contributed by atoms with Gasteiger partial charge in [-0.15, -0.1) is 0 Å². The lowest BCUT2D eigenvalue weighted by molar-refractivity contribution is -0.123. The molecule has 0 N–H and O–H groups in total. The van der Waals surface area contributed by atoms with Gasteiger partial charge in [0.05, 0.1) is 6.54 Å². The van der Waals surface area contributed by atoms with Gasteiger partial charge >= 0.3 is 6.09 Å². The van der Waals surface area contributed by atoms with Gasteiger partial charge in [0.25, 0.3) is 0 Å². The zero-order valence-electron chi connectivity index (χ0n) is 11.5. The Hall–Kier alpha value is -1.91. The van der Waals surface area contributed by atoms with E-state index in [-0.39, 0.29) is 17.8 Å². The monoisotopic (exact) mass is 274 g/mol. The van der Waals surface area contributed by atoms with Gasteiger partial charge in [-0.3, -0.25) is 9.69 Å². The molecule has 5 heteroatoms. The van der Waals surface area contributed by atoms with Gasteiger partial charge in [0, 0.05) is 12.1 Å². The van der Waals surface area contributed by atoms with Crippen molar-refractivity contribution < 1.29 is 14.3 Å². The number of ether oxygens (including phenoxy) is 1. The van der Waals surface area contributed by atoms with Crippen LogP contribution in [0, 0.1) is 5.92 Å². The lowest BCUT2D eigenvalue weighted by Gasteiger charge is -2.34. The predicted molar refractivity (Wildman–Crippen MR) is 73.4 cm³/mol. The van der Waals surface area contributed by atoms with Crippen molar-refractivity contribution in [3.63, 3.8) is 0 Å². The van der Waals surface area contributed by atoms with E-state index in [2.05, 4.69) is 4.98 Å². The Labute approximate surface area is 117 Å². The molecule has 0 unspecified atom stereocenters. The van der Waals surface area contributed by atoms with Crippen molar-refractivity contribution in [3.05, 3.63) is 24.4 Å². The topological polar surface area (TPSA) is 59.5 Å². The van der Waals surface area contributed by atoms with Crippen LogP contribution in [-0.2, 0) is 9.53 Å². The Kier molecular flexibility index (Phi) is 3.20. The number of pyridine rings is 1. The number of aromatic nitrogens is 1. The molecule has 0 radical (unpaired) electrons. The lowest BCUT2D eigenvalue weighted by Crippen LogP contribution is -2.39. The van der Waals surface area contributed by atoms with Crippen LogP contribution in [0.15, 0.2) is 24.4 Å². The SMILES string of the molecule is CC(=O)C1CCC2(CC1)CN(c1ccccn1)C(=O)O2. The maximum atomic E-state index is 12.1. The first kappa shape index (κ1) is 13.1. The first-order valence-corrected chi connectivity index (χ1v) is 7.02. The molecule has 1 aliphatic carbocycles. The quantitative estimate of drug-likeness (QED) is 0.831. The van der Waals surface area contributed by atoms with E-state index in [9.17, 15) is 9.59 Å². The van der Waals surface area contributed by atoms with Crippen LogP contribution in [0.1, 0.15) is 32.6 Å². The summed E-state index contributed by atoms with van der Waals surface area (Å²) >= 11 is 0. The summed E-state index contributed by atoms with van der Waals surface area (Å²) < 4.78 is 5.62. The van der Waals surface area contributed by atoms with Crippen LogP contribution >= 0.6 is 0 Å². The molecule has 1 saturated carbocycles. The molecule has 1 aromatic rings. The van der Waals surface area contributed by atoms with Crippen molar-refractivity contribution in [2.75, 3.05) is 11.4 Å². The number of hydrogen-bond acceptors (Lipinski definition) is 4. The smallest absolute Gasteiger partial charge is 0.416 e. The number of carbonyl (C=O) groups excluding carboxylic acids is 2. The number of hydrogen-bond donors (Lipinski definition) is 0. The van der Waals surface area contributed by atoms with Crippen molar-refractivity contribution >= 4 is 17.7 Å². The molecule has 3 rings (SSSR count). The number of carbonyl (C=O) groups is 2. The fourth-order valence-corrected chi connectivity index (χ4v) is 3.12. The number of amides is 1. The molecule has 1 amide bonds. The number of ketones is 1. The van der Waals surface area contributed by atoms with Crippen LogP contribution in [0.4, 0.5) is 10.6 Å². The third-order valence-corrected chi connectivity index (χ3v) is 4.37. The molecule has 0 aromatic carbocycles. The summed E-state index contributed by atoms with van der Waals surface area (Å²) in [6, 6.07) is 5.48. The van der Waals surface area contributed by atoms with Crippen LogP contribution in [0.25, 0.3) is 0 Å². The second-order valence-corrected chi connectivity index (χ2v) is 5.71. The molecule has 20 heavy (non-hydrogen) atoms. The van der Waals surface area contributed by atoms with Crippen molar-refractivity contribution in [1.82, 2.24) is 4.98 Å². The fourth-order valence-electron chi connectivity index (χ4n) is 3.12. The highest BCUT2D eigenvalue weighted by molar-refractivity contribution is 5.89. The van der Waals surface area contributed by atoms with Crippen LogP contribution < -0.4 is 4.90 Å². The summed E-state index contributed by atoms with van der Waals surface area (Å²) in [5.74, 6) is 0.997. The number of rotatable bonds is 2. The van der Waals surface area contributed by atoms with Crippen LogP contribution in [0.2, 0.25) is 0 Å². The van der Waals surface area contributed by atoms with Crippen molar-refractivity contribution in [3.8, 4) is 0 Å². The highest BCUT2D eigenvalue weighted by Gasteiger charge is 2.48. The third-order valence-electron chi connectivity index (χ3n) is 4.37. The molecule has 1 aromatic heterocycles. The minimum absolute atomic E-state index is 0.128. The van der Waals surface area contributed by atoms with Gasteiger partial charge in [-0.1, -0.05) is 6.07 Å². The van der Waals surface area contributed by atoms with E-state index in [1.54, 1.807) is 18.0 Å². The second-order valence-electron chi connectivity index (χ2n) is 5.71. The highest BCUT2D eigenvalue weighted by Crippen LogP contribution is 2.40. The summed E-state index contributed by atoms with van der Waals surface area (Å²) in [5, 5.41) is 0. The largest absolute Gasteiger partial charge is 0.441 e. The van der Waals surface area contributed by atoms with Gasteiger partial charge in [-0.05, 0) is 44.7 Å². The molecule has 2 fully saturated rings. The average Bonchev–Trinajstić information content (AvgIpc) is 2.77. The maximum Gasteiger partial charge on any atom is 0.416 e. The summed E-state index contributed by atoms with van der Waals surface area (Å²) in [6.45, 7) is 2.18. The summed E-state index contributed by atoms with van der Waals surface area (Å²) in [4.78, 5) is 29.3. The Bertz CT molecular complexity index is 521.